The summed E-state index contributed by atoms with van der Waals surface area (Å²) in [5.41, 5.74) is 1.62. The molecule has 2 aromatic rings. The topological polar surface area (TPSA) is 98.5 Å². The van der Waals surface area contributed by atoms with E-state index in [0.29, 0.717) is 23.4 Å². The van der Waals surface area contributed by atoms with Gasteiger partial charge in [0.15, 0.2) is 0 Å². The summed E-state index contributed by atoms with van der Waals surface area (Å²) in [5.74, 6) is -0.652. The van der Waals surface area contributed by atoms with Crippen LogP contribution in [0.3, 0.4) is 0 Å². The lowest BCUT2D eigenvalue weighted by molar-refractivity contribution is -0.384. The van der Waals surface area contributed by atoms with Crippen LogP contribution in [0.4, 0.5) is 11.4 Å². The van der Waals surface area contributed by atoms with E-state index in [1.54, 1.807) is 36.4 Å². The van der Waals surface area contributed by atoms with Gasteiger partial charge in [-0.2, -0.15) is 0 Å². The molecule has 25 heavy (non-hydrogen) atoms. The molecule has 1 amide bonds. The van der Waals surface area contributed by atoms with E-state index in [2.05, 4.69) is 5.32 Å². The Morgan fingerprint density at radius 3 is 2.28 bits per heavy atom. The highest BCUT2D eigenvalue weighted by molar-refractivity contribution is 5.94. The van der Waals surface area contributed by atoms with Crippen molar-refractivity contribution in [3.05, 3.63) is 69.8 Å². The van der Waals surface area contributed by atoms with Gasteiger partial charge in [-0.05, 0) is 36.2 Å². The Balaban J connectivity index is 1.91. The zero-order chi connectivity index (χ0) is 18.2. The first-order valence-corrected chi connectivity index (χ1v) is 7.80. The summed E-state index contributed by atoms with van der Waals surface area (Å²) in [4.78, 5) is 33.8. The van der Waals surface area contributed by atoms with E-state index in [9.17, 15) is 19.7 Å². The second-order valence-electron chi connectivity index (χ2n) is 5.36. The number of nitrogens with zero attached hydrogens (tertiary/aromatic N) is 1. The van der Waals surface area contributed by atoms with Crippen LogP contribution in [-0.2, 0) is 16.0 Å². The molecule has 0 aliphatic rings. The lowest BCUT2D eigenvalue weighted by Gasteiger charge is -2.07. The highest BCUT2D eigenvalue weighted by atomic mass is 16.6. The third kappa shape index (κ3) is 5.42. The minimum Gasteiger partial charge on any atom is -0.462 e. The monoisotopic (exact) mass is 342 g/mol. The molecule has 7 heteroatoms. The van der Waals surface area contributed by atoms with Gasteiger partial charge in [0, 0.05) is 17.8 Å². The molecule has 0 saturated heterocycles. The zero-order valence-corrected chi connectivity index (χ0v) is 13.7. The molecular formula is C18H18N2O5. The van der Waals surface area contributed by atoms with E-state index >= 15 is 0 Å². The number of nitro benzene ring substituents is 1. The number of hydrogen-bond donors (Lipinski definition) is 1. The van der Waals surface area contributed by atoms with Gasteiger partial charge in [-0.25, -0.2) is 4.79 Å². The van der Waals surface area contributed by atoms with Crippen molar-refractivity contribution in [2.45, 2.75) is 19.8 Å². The van der Waals surface area contributed by atoms with Crippen LogP contribution in [0.25, 0.3) is 0 Å². The summed E-state index contributed by atoms with van der Waals surface area (Å²) < 4.78 is 5.03. The van der Waals surface area contributed by atoms with Crippen LogP contribution in [-0.4, -0.2) is 23.4 Å². The van der Waals surface area contributed by atoms with Crippen LogP contribution in [0.2, 0.25) is 0 Å². The minimum absolute atomic E-state index is 0.0188. The fourth-order valence-electron chi connectivity index (χ4n) is 2.09. The molecule has 0 spiro atoms. The number of nitro groups is 1. The molecule has 7 nitrogen and oxygen atoms in total. The lowest BCUT2D eigenvalue weighted by atomic mass is 10.1. The highest BCUT2D eigenvalue weighted by Gasteiger charge is 2.09. The zero-order valence-electron chi connectivity index (χ0n) is 13.7. The quantitative estimate of drug-likeness (QED) is 0.473. The molecule has 130 valence electrons. The Morgan fingerprint density at radius 1 is 1.08 bits per heavy atom. The number of non-ortho nitro benzene ring substituents is 1. The average Bonchev–Trinajstić information content (AvgIpc) is 2.60. The van der Waals surface area contributed by atoms with Gasteiger partial charge in [0.2, 0.25) is 5.91 Å². The van der Waals surface area contributed by atoms with Crippen LogP contribution in [0.5, 0.6) is 0 Å². The van der Waals surface area contributed by atoms with Crippen LogP contribution in [0.1, 0.15) is 29.3 Å². The predicted octanol–water partition coefficient (Wildman–Crippen LogP) is 3.34. The molecule has 2 aromatic carbocycles. The van der Waals surface area contributed by atoms with Crippen LogP contribution < -0.4 is 5.32 Å². The second-order valence-corrected chi connectivity index (χ2v) is 5.36. The SMILES string of the molecule is CCCOC(=O)c1ccc(NC(=O)Cc2ccc([N+](=O)[O-])cc2)cc1. The number of esters is 1. The summed E-state index contributed by atoms with van der Waals surface area (Å²) >= 11 is 0. The maximum atomic E-state index is 12.0. The molecule has 0 unspecified atom stereocenters. The normalized spacial score (nSPS) is 10.1. The maximum Gasteiger partial charge on any atom is 0.338 e. The Hall–Kier alpha value is -3.22. The van der Waals surface area contributed by atoms with E-state index in [-0.39, 0.29) is 18.0 Å². The maximum absolute atomic E-state index is 12.0. The van der Waals surface area contributed by atoms with Crippen molar-refractivity contribution in [1.29, 1.82) is 0 Å². The molecule has 0 saturated carbocycles. The molecule has 0 atom stereocenters. The number of amides is 1. The number of ether oxygens (including phenoxy) is 1. The lowest BCUT2D eigenvalue weighted by Crippen LogP contribution is -2.14. The number of rotatable bonds is 7. The smallest absolute Gasteiger partial charge is 0.338 e. The average molecular weight is 342 g/mol. The standard InChI is InChI=1S/C18H18N2O5/c1-2-11-25-18(22)14-5-7-15(8-6-14)19-17(21)12-13-3-9-16(10-4-13)20(23)24/h3-10H,2,11-12H2,1H3,(H,19,21). The number of hydrogen-bond acceptors (Lipinski definition) is 5. The Bertz CT molecular complexity index is 754. The molecule has 0 fully saturated rings. The molecule has 0 heterocycles. The van der Waals surface area contributed by atoms with E-state index in [1.165, 1.54) is 12.1 Å². The fourth-order valence-corrected chi connectivity index (χ4v) is 2.09. The van der Waals surface area contributed by atoms with E-state index in [0.717, 1.165) is 6.42 Å². The third-order valence-electron chi connectivity index (χ3n) is 3.35. The summed E-state index contributed by atoms with van der Waals surface area (Å²) in [6.45, 7) is 2.28. The van der Waals surface area contributed by atoms with Gasteiger partial charge in [0.25, 0.3) is 5.69 Å². The van der Waals surface area contributed by atoms with Crippen molar-refractivity contribution in [1.82, 2.24) is 0 Å². The molecule has 0 bridgehead atoms. The molecule has 2 rings (SSSR count). The second kappa shape index (κ2) is 8.58. The molecule has 1 N–H and O–H groups in total. The van der Waals surface area contributed by atoms with Gasteiger partial charge < -0.3 is 10.1 Å². The predicted molar refractivity (Wildman–Crippen MR) is 92.4 cm³/mol. The van der Waals surface area contributed by atoms with E-state index in [4.69, 9.17) is 4.74 Å². The van der Waals surface area contributed by atoms with Gasteiger partial charge >= 0.3 is 5.97 Å². The summed E-state index contributed by atoms with van der Waals surface area (Å²) in [7, 11) is 0. The first kappa shape index (κ1) is 18.1. The Kier molecular flexibility index (Phi) is 6.22. The van der Waals surface area contributed by atoms with Gasteiger partial charge in [-0.1, -0.05) is 19.1 Å². The summed E-state index contributed by atoms with van der Waals surface area (Å²) in [5, 5.41) is 13.3. The first-order chi connectivity index (χ1) is 12.0. The highest BCUT2D eigenvalue weighted by Crippen LogP contribution is 2.14. The number of carbonyl (C=O) groups is 2. The number of carbonyl (C=O) groups excluding carboxylic acids is 2. The van der Waals surface area contributed by atoms with Crippen molar-refractivity contribution in [2.75, 3.05) is 11.9 Å². The first-order valence-electron chi connectivity index (χ1n) is 7.80. The molecule has 0 aliphatic carbocycles. The third-order valence-corrected chi connectivity index (χ3v) is 3.35. The van der Waals surface area contributed by atoms with Crippen LogP contribution in [0, 0.1) is 10.1 Å². The largest absolute Gasteiger partial charge is 0.462 e. The van der Waals surface area contributed by atoms with Crippen molar-refractivity contribution >= 4 is 23.3 Å². The summed E-state index contributed by atoms with van der Waals surface area (Å²) in [6.07, 6.45) is 0.848. The number of anilines is 1. The fraction of sp³-hybridized carbons (Fsp3) is 0.222. The van der Waals surface area contributed by atoms with Crippen molar-refractivity contribution in [3.8, 4) is 0 Å². The van der Waals surface area contributed by atoms with E-state index in [1.807, 2.05) is 6.92 Å². The Morgan fingerprint density at radius 2 is 1.72 bits per heavy atom. The van der Waals surface area contributed by atoms with Gasteiger partial charge in [0.05, 0.1) is 23.5 Å². The number of benzene rings is 2. The van der Waals surface area contributed by atoms with Crippen molar-refractivity contribution in [2.24, 2.45) is 0 Å². The van der Waals surface area contributed by atoms with Crippen LogP contribution in [0.15, 0.2) is 48.5 Å². The van der Waals surface area contributed by atoms with Crippen LogP contribution >= 0.6 is 0 Å². The molecule has 0 aliphatic heterocycles. The van der Waals surface area contributed by atoms with Gasteiger partial charge in [-0.3, -0.25) is 14.9 Å². The molecular weight excluding hydrogens is 324 g/mol. The van der Waals surface area contributed by atoms with Crippen molar-refractivity contribution in [3.63, 3.8) is 0 Å². The minimum atomic E-state index is -0.489. The van der Waals surface area contributed by atoms with E-state index < -0.39 is 10.9 Å². The number of nitrogens with one attached hydrogen (secondary N) is 1. The Labute approximate surface area is 144 Å². The van der Waals surface area contributed by atoms with Gasteiger partial charge in [0.1, 0.15) is 0 Å². The van der Waals surface area contributed by atoms with Crippen molar-refractivity contribution < 1.29 is 19.2 Å². The molecule has 0 radical (unpaired) electrons. The summed E-state index contributed by atoms with van der Waals surface area (Å²) in [6, 6.07) is 12.2. The van der Waals surface area contributed by atoms with Gasteiger partial charge in [-0.15, -0.1) is 0 Å². The molecule has 0 aromatic heterocycles.